The summed E-state index contributed by atoms with van der Waals surface area (Å²) in [5.74, 6) is 1.76. The molecule has 0 fully saturated rings. The van der Waals surface area contributed by atoms with Crippen LogP contribution < -0.4 is 10.5 Å². The number of rotatable bonds is 3. The molecule has 19 heavy (non-hydrogen) atoms. The molecule has 0 saturated heterocycles. The van der Waals surface area contributed by atoms with E-state index in [1.54, 1.807) is 7.11 Å². The van der Waals surface area contributed by atoms with Crippen LogP contribution in [0.2, 0.25) is 0 Å². The lowest BCUT2D eigenvalue weighted by atomic mass is 10.0. The van der Waals surface area contributed by atoms with Crippen LogP contribution in [0.15, 0.2) is 16.7 Å². The van der Waals surface area contributed by atoms with E-state index in [1.165, 1.54) is 5.56 Å². The minimum Gasteiger partial charge on any atom is -0.496 e. The van der Waals surface area contributed by atoms with E-state index in [9.17, 15) is 0 Å². The zero-order chi connectivity index (χ0) is 14.2. The number of hydrogen-bond acceptors (Lipinski definition) is 3. The molecule has 2 rings (SSSR count). The highest BCUT2D eigenvalue weighted by Gasteiger charge is 2.17. The number of halogens is 1. The van der Waals surface area contributed by atoms with E-state index in [1.807, 2.05) is 17.7 Å². The van der Waals surface area contributed by atoms with Gasteiger partial charge >= 0.3 is 0 Å². The van der Waals surface area contributed by atoms with E-state index in [4.69, 9.17) is 10.5 Å². The number of imidazole rings is 1. The molecule has 5 heteroatoms. The highest BCUT2D eigenvalue weighted by molar-refractivity contribution is 9.10. The van der Waals surface area contributed by atoms with Gasteiger partial charge in [0.1, 0.15) is 16.2 Å². The Morgan fingerprint density at radius 1 is 1.32 bits per heavy atom. The average molecular weight is 324 g/mol. The zero-order valence-corrected chi connectivity index (χ0v) is 13.2. The Hall–Kier alpha value is -1.33. The van der Waals surface area contributed by atoms with Gasteiger partial charge in [-0.05, 0) is 53.0 Å². The van der Waals surface area contributed by atoms with Crippen molar-refractivity contribution in [2.75, 3.05) is 7.11 Å². The number of methoxy groups -OCH3 is 1. The van der Waals surface area contributed by atoms with Gasteiger partial charge in [-0.3, -0.25) is 0 Å². The summed E-state index contributed by atoms with van der Waals surface area (Å²) in [5.41, 5.74) is 10.2. The second kappa shape index (κ2) is 5.35. The topological polar surface area (TPSA) is 53.1 Å². The highest BCUT2D eigenvalue weighted by Crippen LogP contribution is 2.35. The van der Waals surface area contributed by atoms with Crippen LogP contribution in [0.3, 0.4) is 0 Å². The van der Waals surface area contributed by atoms with E-state index in [-0.39, 0.29) is 0 Å². The summed E-state index contributed by atoms with van der Waals surface area (Å²) in [5, 5.41) is 0. The van der Waals surface area contributed by atoms with Gasteiger partial charge in [-0.15, -0.1) is 0 Å². The van der Waals surface area contributed by atoms with Crippen molar-refractivity contribution in [2.24, 2.45) is 12.8 Å². The van der Waals surface area contributed by atoms with Crippen molar-refractivity contribution >= 4 is 15.9 Å². The van der Waals surface area contributed by atoms with Gasteiger partial charge in [-0.25, -0.2) is 4.98 Å². The quantitative estimate of drug-likeness (QED) is 0.944. The SMILES string of the molecule is COc1ccc(-c2c(Br)nc(CN)n2C)c(C)c1C. The lowest BCUT2D eigenvalue weighted by Crippen LogP contribution is -2.06. The summed E-state index contributed by atoms with van der Waals surface area (Å²) in [7, 11) is 3.67. The maximum absolute atomic E-state index is 5.70. The number of hydrogen-bond donors (Lipinski definition) is 1. The van der Waals surface area contributed by atoms with E-state index < -0.39 is 0 Å². The van der Waals surface area contributed by atoms with Gasteiger partial charge < -0.3 is 15.0 Å². The van der Waals surface area contributed by atoms with Crippen molar-refractivity contribution in [1.82, 2.24) is 9.55 Å². The predicted molar refractivity (Wildman–Crippen MR) is 80.3 cm³/mol. The molecule has 0 radical (unpaired) electrons. The largest absolute Gasteiger partial charge is 0.496 e. The Balaban J connectivity index is 2.66. The molecule has 0 bridgehead atoms. The number of benzene rings is 1. The number of nitrogens with two attached hydrogens (primary N) is 1. The molecule has 1 aromatic heterocycles. The third-order valence-corrected chi connectivity index (χ3v) is 4.09. The monoisotopic (exact) mass is 323 g/mol. The third kappa shape index (κ3) is 2.28. The molecular formula is C14H18BrN3O. The van der Waals surface area contributed by atoms with Crippen molar-refractivity contribution in [3.05, 3.63) is 33.7 Å². The van der Waals surface area contributed by atoms with Crippen molar-refractivity contribution in [1.29, 1.82) is 0 Å². The molecular weight excluding hydrogens is 306 g/mol. The Kier molecular flexibility index (Phi) is 3.96. The molecule has 0 atom stereocenters. The zero-order valence-electron chi connectivity index (χ0n) is 11.6. The molecule has 2 N–H and O–H groups in total. The first-order chi connectivity index (χ1) is 9.01. The first-order valence-electron chi connectivity index (χ1n) is 6.07. The van der Waals surface area contributed by atoms with Crippen molar-refractivity contribution in [3.63, 3.8) is 0 Å². The lowest BCUT2D eigenvalue weighted by Gasteiger charge is -2.13. The summed E-state index contributed by atoms with van der Waals surface area (Å²) in [6.45, 7) is 4.57. The van der Waals surface area contributed by atoms with Crippen molar-refractivity contribution in [2.45, 2.75) is 20.4 Å². The van der Waals surface area contributed by atoms with Gasteiger partial charge in [0.15, 0.2) is 0 Å². The van der Waals surface area contributed by atoms with Gasteiger partial charge in [0.25, 0.3) is 0 Å². The van der Waals surface area contributed by atoms with Crippen LogP contribution in [0.25, 0.3) is 11.3 Å². The number of nitrogens with zero attached hydrogens (tertiary/aromatic N) is 2. The fourth-order valence-corrected chi connectivity index (χ4v) is 2.94. The van der Waals surface area contributed by atoms with Gasteiger partial charge in [0.05, 0.1) is 19.3 Å². The van der Waals surface area contributed by atoms with Crippen LogP contribution in [-0.2, 0) is 13.6 Å². The average Bonchev–Trinajstić information content (AvgIpc) is 2.68. The Morgan fingerprint density at radius 3 is 2.53 bits per heavy atom. The molecule has 0 spiro atoms. The van der Waals surface area contributed by atoms with Gasteiger partial charge in [-0.2, -0.15) is 0 Å². The van der Waals surface area contributed by atoms with Crippen molar-refractivity contribution in [3.8, 4) is 17.0 Å². The first kappa shape index (κ1) is 14.1. The molecule has 0 aliphatic carbocycles. The molecule has 1 aromatic carbocycles. The van der Waals surface area contributed by atoms with E-state index >= 15 is 0 Å². The summed E-state index contributed by atoms with van der Waals surface area (Å²) >= 11 is 3.52. The second-order valence-electron chi connectivity index (χ2n) is 4.50. The molecule has 102 valence electrons. The number of aromatic nitrogens is 2. The first-order valence-corrected chi connectivity index (χ1v) is 6.86. The molecule has 4 nitrogen and oxygen atoms in total. The van der Waals surface area contributed by atoms with Crippen LogP contribution in [0, 0.1) is 13.8 Å². The maximum atomic E-state index is 5.70. The Labute approximate surface area is 121 Å². The minimum atomic E-state index is 0.420. The maximum Gasteiger partial charge on any atom is 0.132 e. The van der Waals surface area contributed by atoms with Crippen LogP contribution in [-0.4, -0.2) is 16.7 Å². The Morgan fingerprint density at radius 2 is 2.00 bits per heavy atom. The molecule has 0 aliphatic heterocycles. The summed E-state index contributed by atoms with van der Waals surface area (Å²) in [4.78, 5) is 4.44. The summed E-state index contributed by atoms with van der Waals surface area (Å²) < 4.78 is 8.20. The van der Waals surface area contributed by atoms with Crippen LogP contribution in [0.1, 0.15) is 17.0 Å². The van der Waals surface area contributed by atoms with Crippen LogP contribution in [0.4, 0.5) is 0 Å². The minimum absolute atomic E-state index is 0.420. The van der Waals surface area contributed by atoms with Gasteiger partial charge in [0.2, 0.25) is 0 Å². The molecule has 2 aromatic rings. The molecule has 0 saturated carbocycles. The predicted octanol–water partition coefficient (Wildman–Crippen LogP) is 2.93. The second-order valence-corrected chi connectivity index (χ2v) is 5.25. The van der Waals surface area contributed by atoms with Gasteiger partial charge in [-0.1, -0.05) is 0 Å². The molecule has 1 heterocycles. The molecule has 0 amide bonds. The number of ether oxygens (including phenoxy) is 1. The normalized spacial score (nSPS) is 10.8. The van der Waals surface area contributed by atoms with Crippen LogP contribution >= 0.6 is 15.9 Å². The van der Waals surface area contributed by atoms with E-state index in [2.05, 4.69) is 40.8 Å². The van der Waals surface area contributed by atoms with E-state index in [0.717, 1.165) is 33.0 Å². The third-order valence-electron chi connectivity index (χ3n) is 3.54. The standard InChI is InChI=1S/C14H18BrN3O/c1-8-9(2)11(19-4)6-5-10(8)13-14(15)17-12(7-16)18(13)3/h5-6H,7,16H2,1-4H3. The van der Waals surface area contributed by atoms with Crippen molar-refractivity contribution < 1.29 is 4.74 Å². The van der Waals surface area contributed by atoms with E-state index in [0.29, 0.717) is 6.54 Å². The fraction of sp³-hybridized carbons (Fsp3) is 0.357. The highest BCUT2D eigenvalue weighted by atomic mass is 79.9. The van der Waals surface area contributed by atoms with Crippen LogP contribution in [0.5, 0.6) is 5.75 Å². The fourth-order valence-electron chi connectivity index (χ4n) is 2.26. The summed E-state index contributed by atoms with van der Waals surface area (Å²) in [6.07, 6.45) is 0. The molecule has 0 unspecified atom stereocenters. The van der Waals surface area contributed by atoms with Gasteiger partial charge in [0, 0.05) is 12.6 Å². The molecule has 0 aliphatic rings. The summed E-state index contributed by atoms with van der Waals surface area (Å²) in [6, 6.07) is 4.04. The smallest absolute Gasteiger partial charge is 0.132 e. The lowest BCUT2D eigenvalue weighted by molar-refractivity contribution is 0.411. The Bertz CT molecular complexity index is 620.